The maximum absolute atomic E-state index is 13.3. The van der Waals surface area contributed by atoms with Gasteiger partial charge in [-0.3, -0.25) is 9.78 Å². The van der Waals surface area contributed by atoms with Crippen LogP contribution in [0, 0.1) is 0 Å². The van der Waals surface area contributed by atoms with Crippen LogP contribution in [-0.2, 0) is 6.54 Å². The van der Waals surface area contributed by atoms with Gasteiger partial charge in [0.2, 0.25) is 0 Å². The van der Waals surface area contributed by atoms with Crippen LogP contribution in [0.25, 0.3) is 22.2 Å². The number of rotatable bonds is 4. The molecule has 0 fully saturated rings. The molecule has 138 valence electrons. The molecule has 4 aromatic rings. The molecule has 0 N–H and O–H groups in total. The first-order chi connectivity index (χ1) is 13.6. The van der Waals surface area contributed by atoms with Crippen molar-refractivity contribution in [2.75, 3.05) is 7.05 Å². The topological polar surface area (TPSA) is 46.1 Å². The van der Waals surface area contributed by atoms with Crippen LogP contribution in [0.4, 0.5) is 0 Å². The molecule has 0 saturated carbocycles. The summed E-state index contributed by atoms with van der Waals surface area (Å²) in [7, 11) is 1.81. The van der Waals surface area contributed by atoms with Gasteiger partial charge in [0, 0.05) is 42.0 Å². The number of nitrogens with zero attached hydrogens (tertiary/aromatic N) is 3. The number of aromatic nitrogens is 2. The molecule has 0 aliphatic rings. The first kappa shape index (κ1) is 18.1. The van der Waals surface area contributed by atoms with Gasteiger partial charge in [-0.2, -0.15) is 0 Å². The number of amides is 1. The Balaban J connectivity index is 1.76. The summed E-state index contributed by atoms with van der Waals surface area (Å²) in [6.07, 6.45) is 3.46. The number of benzene rings is 2. The van der Waals surface area contributed by atoms with Crippen LogP contribution in [-0.4, -0.2) is 27.8 Å². The van der Waals surface area contributed by atoms with Crippen LogP contribution in [0.1, 0.15) is 15.9 Å². The lowest BCUT2D eigenvalue weighted by Gasteiger charge is -2.19. The number of hydrogen-bond acceptors (Lipinski definition) is 3. The predicted octanol–water partition coefficient (Wildman–Crippen LogP) is 5.22. The molecule has 2 aromatic carbocycles. The van der Waals surface area contributed by atoms with E-state index in [2.05, 4.69) is 4.98 Å². The number of pyridine rings is 2. The van der Waals surface area contributed by atoms with Crippen molar-refractivity contribution >= 4 is 28.4 Å². The average molecular weight is 388 g/mol. The van der Waals surface area contributed by atoms with E-state index in [4.69, 9.17) is 16.6 Å². The molecule has 0 aliphatic heterocycles. The van der Waals surface area contributed by atoms with E-state index in [9.17, 15) is 4.79 Å². The minimum Gasteiger partial charge on any atom is -0.337 e. The SMILES string of the molecule is CN(Cc1ccncc1)C(=O)c1cc(-c2ccc(Cl)cc2)nc2ccccc12. The normalized spacial score (nSPS) is 10.8. The van der Waals surface area contributed by atoms with E-state index in [1.807, 2.05) is 66.7 Å². The van der Waals surface area contributed by atoms with Gasteiger partial charge in [0.15, 0.2) is 0 Å². The van der Waals surface area contributed by atoms with Crippen LogP contribution in [0.2, 0.25) is 5.02 Å². The summed E-state index contributed by atoms with van der Waals surface area (Å²) in [6, 6.07) is 20.9. The Kier molecular flexibility index (Phi) is 5.04. The van der Waals surface area contributed by atoms with Gasteiger partial charge in [-0.1, -0.05) is 41.9 Å². The molecule has 0 atom stereocenters. The van der Waals surface area contributed by atoms with Gasteiger partial charge in [-0.15, -0.1) is 0 Å². The molecule has 0 bridgehead atoms. The van der Waals surface area contributed by atoms with E-state index in [-0.39, 0.29) is 5.91 Å². The second-order valence-electron chi connectivity index (χ2n) is 6.60. The number of halogens is 1. The molecule has 5 heteroatoms. The second-order valence-corrected chi connectivity index (χ2v) is 7.03. The van der Waals surface area contributed by atoms with Crippen LogP contribution >= 0.6 is 11.6 Å². The van der Waals surface area contributed by atoms with Crippen molar-refractivity contribution in [3.05, 3.63) is 95.3 Å². The van der Waals surface area contributed by atoms with E-state index in [1.54, 1.807) is 24.3 Å². The fourth-order valence-electron chi connectivity index (χ4n) is 3.16. The average Bonchev–Trinajstić information content (AvgIpc) is 2.73. The van der Waals surface area contributed by atoms with E-state index in [1.165, 1.54) is 0 Å². The molecular weight excluding hydrogens is 370 g/mol. The van der Waals surface area contributed by atoms with Crippen molar-refractivity contribution in [2.24, 2.45) is 0 Å². The first-order valence-electron chi connectivity index (χ1n) is 8.92. The van der Waals surface area contributed by atoms with Crippen molar-refractivity contribution in [1.82, 2.24) is 14.9 Å². The van der Waals surface area contributed by atoms with Gasteiger partial charge < -0.3 is 4.90 Å². The molecule has 0 radical (unpaired) electrons. The Morgan fingerprint density at radius 3 is 2.46 bits per heavy atom. The van der Waals surface area contributed by atoms with Gasteiger partial charge in [-0.05, 0) is 42.0 Å². The predicted molar refractivity (Wildman–Crippen MR) is 112 cm³/mol. The van der Waals surface area contributed by atoms with Gasteiger partial charge in [0.25, 0.3) is 5.91 Å². The molecule has 28 heavy (non-hydrogen) atoms. The van der Waals surface area contributed by atoms with Crippen molar-refractivity contribution in [2.45, 2.75) is 6.54 Å². The quantitative estimate of drug-likeness (QED) is 0.482. The van der Waals surface area contributed by atoms with Crippen molar-refractivity contribution in [3.63, 3.8) is 0 Å². The molecule has 4 nitrogen and oxygen atoms in total. The fourth-order valence-corrected chi connectivity index (χ4v) is 3.29. The third kappa shape index (κ3) is 3.73. The highest BCUT2D eigenvalue weighted by Crippen LogP contribution is 2.27. The zero-order valence-electron chi connectivity index (χ0n) is 15.3. The molecule has 2 aromatic heterocycles. The van der Waals surface area contributed by atoms with Gasteiger partial charge in [-0.25, -0.2) is 4.98 Å². The molecule has 0 unspecified atom stereocenters. The second kappa shape index (κ2) is 7.79. The van der Waals surface area contributed by atoms with Crippen LogP contribution < -0.4 is 0 Å². The lowest BCUT2D eigenvalue weighted by Crippen LogP contribution is -2.26. The van der Waals surface area contributed by atoms with Crippen LogP contribution in [0.15, 0.2) is 79.1 Å². The van der Waals surface area contributed by atoms with Gasteiger partial charge in [0.1, 0.15) is 0 Å². The van der Waals surface area contributed by atoms with Crippen molar-refractivity contribution < 1.29 is 4.79 Å². The standard InChI is InChI=1S/C23H18ClN3O/c1-27(15-16-10-12-25-13-11-16)23(28)20-14-22(17-6-8-18(24)9-7-17)26-21-5-3-2-4-19(20)21/h2-14H,15H2,1H3. The van der Waals surface area contributed by atoms with Gasteiger partial charge >= 0.3 is 0 Å². The smallest absolute Gasteiger partial charge is 0.254 e. The van der Waals surface area contributed by atoms with Crippen LogP contribution in [0.3, 0.4) is 0 Å². The van der Waals surface area contributed by atoms with Crippen molar-refractivity contribution in [3.8, 4) is 11.3 Å². The minimum absolute atomic E-state index is 0.0503. The summed E-state index contributed by atoms with van der Waals surface area (Å²) >= 11 is 6.01. The maximum atomic E-state index is 13.3. The zero-order chi connectivity index (χ0) is 19.5. The molecular formula is C23H18ClN3O. The minimum atomic E-state index is -0.0503. The van der Waals surface area contributed by atoms with Crippen LogP contribution in [0.5, 0.6) is 0 Å². The summed E-state index contributed by atoms with van der Waals surface area (Å²) in [5.41, 5.74) is 4.11. The number of hydrogen-bond donors (Lipinski definition) is 0. The Morgan fingerprint density at radius 1 is 1.00 bits per heavy atom. The highest BCUT2D eigenvalue weighted by Gasteiger charge is 2.17. The summed E-state index contributed by atoms with van der Waals surface area (Å²) < 4.78 is 0. The van der Waals surface area contributed by atoms with E-state index < -0.39 is 0 Å². The summed E-state index contributed by atoms with van der Waals surface area (Å²) in [4.78, 5) is 23.7. The third-order valence-corrected chi connectivity index (χ3v) is 4.85. The van der Waals surface area contributed by atoms with E-state index in [0.29, 0.717) is 17.1 Å². The Hall–Kier alpha value is -3.24. The Morgan fingerprint density at radius 2 is 1.71 bits per heavy atom. The summed E-state index contributed by atoms with van der Waals surface area (Å²) in [6.45, 7) is 0.508. The fraction of sp³-hybridized carbons (Fsp3) is 0.0870. The first-order valence-corrected chi connectivity index (χ1v) is 9.30. The number of fused-ring (bicyclic) bond motifs is 1. The lowest BCUT2D eigenvalue weighted by atomic mass is 10.0. The summed E-state index contributed by atoms with van der Waals surface area (Å²) in [5, 5.41) is 1.50. The van der Waals surface area contributed by atoms with Crippen molar-refractivity contribution in [1.29, 1.82) is 0 Å². The lowest BCUT2D eigenvalue weighted by molar-refractivity contribution is 0.0787. The number of carbonyl (C=O) groups excluding carboxylic acids is 1. The Labute approximate surface area is 168 Å². The van der Waals surface area contributed by atoms with E-state index in [0.717, 1.165) is 27.7 Å². The highest BCUT2D eigenvalue weighted by atomic mass is 35.5. The molecule has 1 amide bonds. The monoisotopic (exact) mass is 387 g/mol. The number of carbonyl (C=O) groups is 1. The largest absolute Gasteiger partial charge is 0.337 e. The molecule has 4 rings (SSSR count). The molecule has 2 heterocycles. The zero-order valence-corrected chi connectivity index (χ0v) is 16.1. The van der Waals surface area contributed by atoms with Gasteiger partial charge in [0.05, 0.1) is 16.8 Å². The molecule has 0 saturated heterocycles. The third-order valence-electron chi connectivity index (χ3n) is 4.60. The highest BCUT2D eigenvalue weighted by molar-refractivity contribution is 6.30. The molecule has 0 aliphatic carbocycles. The van der Waals surface area contributed by atoms with E-state index >= 15 is 0 Å². The maximum Gasteiger partial charge on any atom is 0.254 e. The molecule has 0 spiro atoms. The summed E-state index contributed by atoms with van der Waals surface area (Å²) in [5.74, 6) is -0.0503. The Bertz CT molecular complexity index is 1130. The number of para-hydroxylation sites is 1.